The van der Waals surface area contributed by atoms with E-state index in [-0.39, 0.29) is 0 Å². The molecule has 1 aromatic carbocycles. The van der Waals surface area contributed by atoms with E-state index in [1.165, 1.54) is 16.7 Å². The lowest BCUT2D eigenvalue weighted by atomic mass is 10.0. The first-order valence-electron chi connectivity index (χ1n) is 6.84. The van der Waals surface area contributed by atoms with Crippen LogP contribution >= 0.6 is 0 Å². The van der Waals surface area contributed by atoms with Crippen molar-refractivity contribution >= 4 is 0 Å². The highest BCUT2D eigenvalue weighted by Gasteiger charge is 2.34. The van der Waals surface area contributed by atoms with Crippen LogP contribution in [0.25, 0.3) is 0 Å². The molecule has 2 aliphatic heterocycles. The molecule has 18 heavy (non-hydrogen) atoms. The van der Waals surface area contributed by atoms with E-state index in [0.29, 0.717) is 12.1 Å². The number of aryl methyl sites for hydroxylation is 2. The summed E-state index contributed by atoms with van der Waals surface area (Å²) in [6.45, 7) is 9.27. The summed E-state index contributed by atoms with van der Waals surface area (Å²) in [6, 6.07) is 7.94. The Balaban J connectivity index is 1.78. The zero-order valence-corrected chi connectivity index (χ0v) is 11.3. The molecule has 3 nitrogen and oxygen atoms in total. The summed E-state index contributed by atoms with van der Waals surface area (Å²) in [5.41, 5.74) is 4.16. The van der Waals surface area contributed by atoms with Crippen LogP contribution in [0.15, 0.2) is 18.2 Å². The van der Waals surface area contributed by atoms with Gasteiger partial charge in [-0.25, -0.2) is 0 Å². The van der Waals surface area contributed by atoms with E-state index in [1.807, 2.05) is 0 Å². The second-order valence-electron chi connectivity index (χ2n) is 5.67. The molecule has 0 aromatic heterocycles. The van der Waals surface area contributed by atoms with Crippen LogP contribution in [0, 0.1) is 13.8 Å². The van der Waals surface area contributed by atoms with E-state index >= 15 is 0 Å². The van der Waals surface area contributed by atoms with Gasteiger partial charge in [-0.15, -0.1) is 0 Å². The quantitative estimate of drug-likeness (QED) is 0.855. The number of nitrogens with one attached hydrogen (secondary N) is 1. The summed E-state index contributed by atoms with van der Waals surface area (Å²) in [6.07, 6.45) is 0. The minimum Gasteiger partial charge on any atom is -0.378 e. The van der Waals surface area contributed by atoms with Gasteiger partial charge in [-0.1, -0.05) is 29.3 Å². The fourth-order valence-electron chi connectivity index (χ4n) is 3.23. The van der Waals surface area contributed by atoms with Gasteiger partial charge < -0.3 is 10.1 Å². The molecular formula is C15H22N2O. The first-order chi connectivity index (χ1) is 8.72. The highest BCUT2D eigenvalue weighted by molar-refractivity contribution is 5.28. The number of hydrogen-bond donors (Lipinski definition) is 1. The molecule has 3 heteroatoms. The zero-order chi connectivity index (χ0) is 12.5. The standard InChI is InChI=1S/C15H22N2O/c1-11-3-12(2)5-13(4-11)8-17-14-6-16-7-15(17)10-18-9-14/h3-5,14-16H,6-10H2,1-2H3/t14-,15-/m0/s1. The molecule has 1 aromatic rings. The summed E-state index contributed by atoms with van der Waals surface area (Å²) >= 11 is 0. The van der Waals surface area contributed by atoms with Crippen molar-refractivity contribution in [3.63, 3.8) is 0 Å². The minimum atomic E-state index is 0.540. The van der Waals surface area contributed by atoms with Gasteiger partial charge in [-0.05, 0) is 19.4 Å². The van der Waals surface area contributed by atoms with Gasteiger partial charge in [0.15, 0.2) is 0 Å². The number of benzene rings is 1. The number of hydrogen-bond acceptors (Lipinski definition) is 3. The summed E-state index contributed by atoms with van der Waals surface area (Å²) in [7, 11) is 0. The van der Waals surface area contributed by atoms with Crippen molar-refractivity contribution in [1.82, 2.24) is 10.2 Å². The lowest BCUT2D eigenvalue weighted by molar-refractivity contribution is -0.0689. The van der Waals surface area contributed by atoms with Crippen molar-refractivity contribution in [2.24, 2.45) is 0 Å². The lowest BCUT2D eigenvalue weighted by Gasteiger charge is -2.46. The van der Waals surface area contributed by atoms with E-state index in [2.05, 4.69) is 42.3 Å². The molecule has 0 saturated carbocycles. The number of fused-ring (bicyclic) bond motifs is 2. The molecule has 1 N–H and O–H groups in total. The Hall–Kier alpha value is -0.900. The number of morpholine rings is 1. The molecule has 0 radical (unpaired) electrons. The van der Waals surface area contributed by atoms with Crippen molar-refractivity contribution in [3.05, 3.63) is 34.9 Å². The zero-order valence-electron chi connectivity index (χ0n) is 11.3. The smallest absolute Gasteiger partial charge is 0.0635 e. The maximum Gasteiger partial charge on any atom is 0.0635 e. The van der Waals surface area contributed by atoms with E-state index in [9.17, 15) is 0 Å². The fourth-order valence-corrected chi connectivity index (χ4v) is 3.23. The van der Waals surface area contributed by atoms with Crippen molar-refractivity contribution in [2.75, 3.05) is 26.3 Å². The van der Waals surface area contributed by atoms with Gasteiger partial charge in [0.1, 0.15) is 0 Å². The highest BCUT2D eigenvalue weighted by Crippen LogP contribution is 2.21. The average Bonchev–Trinajstić information content (AvgIpc) is 2.26. The number of piperazine rings is 1. The van der Waals surface area contributed by atoms with Crippen LogP contribution in [-0.4, -0.2) is 43.3 Å². The summed E-state index contributed by atoms with van der Waals surface area (Å²) in [4.78, 5) is 2.62. The van der Waals surface area contributed by atoms with Gasteiger partial charge >= 0.3 is 0 Å². The summed E-state index contributed by atoms with van der Waals surface area (Å²) in [5.74, 6) is 0. The largest absolute Gasteiger partial charge is 0.378 e. The maximum absolute atomic E-state index is 5.67. The van der Waals surface area contributed by atoms with Crippen LogP contribution in [-0.2, 0) is 11.3 Å². The molecule has 0 amide bonds. The van der Waals surface area contributed by atoms with Gasteiger partial charge in [0.25, 0.3) is 0 Å². The van der Waals surface area contributed by atoms with Gasteiger partial charge in [0.2, 0.25) is 0 Å². The first-order valence-corrected chi connectivity index (χ1v) is 6.84. The molecule has 2 fully saturated rings. The van der Waals surface area contributed by atoms with E-state index < -0.39 is 0 Å². The third-order valence-electron chi connectivity index (χ3n) is 3.97. The Kier molecular flexibility index (Phi) is 3.37. The summed E-state index contributed by atoms with van der Waals surface area (Å²) < 4.78 is 5.67. The van der Waals surface area contributed by atoms with Crippen molar-refractivity contribution in [1.29, 1.82) is 0 Å². The van der Waals surface area contributed by atoms with E-state index in [4.69, 9.17) is 4.74 Å². The Labute approximate surface area is 109 Å². The molecule has 2 aliphatic rings. The molecule has 3 rings (SSSR count). The Morgan fingerprint density at radius 3 is 2.33 bits per heavy atom. The molecule has 0 spiro atoms. The van der Waals surface area contributed by atoms with Crippen LogP contribution in [0.5, 0.6) is 0 Å². The van der Waals surface area contributed by atoms with Gasteiger partial charge in [-0.2, -0.15) is 0 Å². The van der Waals surface area contributed by atoms with Crippen molar-refractivity contribution in [2.45, 2.75) is 32.5 Å². The highest BCUT2D eigenvalue weighted by atomic mass is 16.5. The van der Waals surface area contributed by atoms with Crippen LogP contribution in [0.3, 0.4) is 0 Å². The van der Waals surface area contributed by atoms with Crippen LogP contribution in [0.4, 0.5) is 0 Å². The molecule has 2 saturated heterocycles. The van der Waals surface area contributed by atoms with E-state index in [1.54, 1.807) is 0 Å². The topological polar surface area (TPSA) is 24.5 Å². The number of ether oxygens (including phenoxy) is 1. The van der Waals surface area contributed by atoms with Crippen LogP contribution in [0.2, 0.25) is 0 Å². The van der Waals surface area contributed by atoms with Gasteiger partial charge in [-0.3, -0.25) is 4.90 Å². The molecule has 2 bridgehead atoms. The number of nitrogens with zero attached hydrogens (tertiary/aromatic N) is 1. The predicted octanol–water partition coefficient (Wildman–Crippen LogP) is 1.48. The summed E-state index contributed by atoms with van der Waals surface area (Å²) in [5, 5.41) is 3.50. The Morgan fingerprint density at radius 2 is 1.72 bits per heavy atom. The lowest BCUT2D eigenvalue weighted by Crippen LogP contribution is -2.63. The van der Waals surface area contributed by atoms with Gasteiger partial charge in [0, 0.05) is 31.7 Å². The second-order valence-corrected chi connectivity index (χ2v) is 5.67. The normalized spacial score (nSPS) is 28.3. The van der Waals surface area contributed by atoms with Crippen LogP contribution < -0.4 is 5.32 Å². The molecule has 2 heterocycles. The molecule has 0 aliphatic carbocycles. The molecular weight excluding hydrogens is 224 g/mol. The molecule has 98 valence electrons. The van der Waals surface area contributed by atoms with Gasteiger partial charge in [0.05, 0.1) is 13.2 Å². The Morgan fingerprint density at radius 1 is 1.11 bits per heavy atom. The predicted molar refractivity (Wildman–Crippen MR) is 72.7 cm³/mol. The first kappa shape index (κ1) is 12.2. The van der Waals surface area contributed by atoms with Crippen LogP contribution in [0.1, 0.15) is 16.7 Å². The van der Waals surface area contributed by atoms with Crippen molar-refractivity contribution < 1.29 is 4.74 Å². The fraction of sp³-hybridized carbons (Fsp3) is 0.600. The third-order valence-corrected chi connectivity index (χ3v) is 3.97. The number of rotatable bonds is 2. The second kappa shape index (κ2) is 5.00. The molecule has 0 unspecified atom stereocenters. The van der Waals surface area contributed by atoms with Crippen molar-refractivity contribution in [3.8, 4) is 0 Å². The monoisotopic (exact) mass is 246 g/mol. The third kappa shape index (κ3) is 2.44. The maximum atomic E-state index is 5.67. The minimum absolute atomic E-state index is 0.540. The molecule has 2 atom stereocenters. The average molecular weight is 246 g/mol. The SMILES string of the molecule is Cc1cc(C)cc(CN2[C@H]3CNC[C@H]2COC3)c1. The Bertz CT molecular complexity index is 390. The van der Waals surface area contributed by atoms with E-state index in [0.717, 1.165) is 32.8 Å².